The van der Waals surface area contributed by atoms with Gasteiger partial charge in [0.15, 0.2) is 0 Å². The SMILES string of the molecule is Cc1ccc(-c2ccc(CN[C@H](Cc3c[nH]c4ccccc34)C(=O)O)o2)cc1Cl. The van der Waals surface area contributed by atoms with Crippen LogP contribution in [0, 0.1) is 6.92 Å². The first-order valence-corrected chi connectivity index (χ1v) is 9.75. The number of carbonyl (C=O) groups is 1. The van der Waals surface area contributed by atoms with Crippen molar-refractivity contribution in [2.24, 2.45) is 0 Å². The lowest BCUT2D eigenvalue weighted by molar-refractivity contribution is -0.139. The van der Waals surface area contributed by atoms with Crippen LogP contribution in [0.4, 0.5) is 0 Å². The Hall–Kier alpha value is -3.02. The van der Waals surface area contributed by atoms with Gasteiger partial charge in [-0.3, -0.25) is 10.1 Å². The lowest BCUT2D eigenvalue weighted by atomic mass is 10.0. The van der Waals surface area contributed by atoms with Crippen LogP contribution in [0.25, 0.3) is 22.2 Å². The Labute approximate surface area is 173 Å². The first-order valence-electron chi connectivity index (χ1n) is 9.37. The maximum Gasteiger partial charge on any atom is 0.321 e. The van der Waals surface area contributed by atoms with Crippen LogP contribution < -0.4 is 5.32 Å². The van der Waals surface area contributed by atoms with Crippen LogP contribution in [0.2, 0.25) is 5.02 Å². The highest BCUT2D eigenvalue weighted by molar-refractivity contribution is 6.31. The van der Waals surface area contributed by atoms with Gasteiger partial charge in [0.2, 0.25) is 0 Å². The number of fused-ring (bicyclic) bond motifs is 1. The lowest BCUT2D eigenvalue weighted by Gasteiger charge is -2.13. The Bertz CT molecular complexity index is 1160. The molecule has 0 amide bonds. The second kappa shape index (κ2) is 8.15. The molecule has 0 fully saturated rings. The van der Waals surface area contributed by atoms with Crippen LogP contribution in [0.1, 0.15) is 16.9 Å². The number of nitrogens with one attached hydrogen (secondary N) is 2. The van der Waals surface area contributed by atoms with Crippen molar-refractivity contribution < 1.29 is 14.3 Å². The number of hydrogen-bond donors (Lipinski definition) is 3. The van der Waals surface area contributed by atoms with Crippen molar-refractivity contribution in [1.82, 2.24) is 10.3 Å². The fraction of sp³-hybridized carbons (Fsp3) is 0.174. The van der Waals surface area contributed by atoms with E-state index in [0.717, 1.165) is 27.6 Å². The average Bonchev–Trinajstić information content (AvgIpc) is 3.34. The van der Waals surface area contributed by atoms with Crippen molar-refractivity contribution in [2.75, 3.05) is 0 Å². The molecule has 2 aromatic heterocycles. The van der Waals surface area contributed by atoms with E-state index in [9.17, 15) is 9.90 Å². The molecule has 4 aromatic rings. The standard InChI is InChI=1S/C23H21ClN2O3/c1-14-6-7-15(10-19(14)24)22-9-8-17(29-22)13-26-21(23(27)28)11-16-12-25-20-5-3-2-4-18(16)20/h2-10,12,21,25-26H,11,13H2,1H3,(H,27,28)/t21-/m1/s1. The molecule has 0 aliphatic heterocycles. The summed E-state index contributed by atoms with van der Waals surface area (Å²) in [4.78, 5) is 14.9. The van der Waals surface area contributed by atoms with Gasteiger partial charge in [-0.05, 0) is 42.3 Å². The number of furan rings is 1. The van der Waals surface area contributed by atoms with Gasteiger partial charge in [-0.25, -0.2) is 0 Å². The summed E-state index contributed by atoms with van der Waals surface area (Å²) >= 11 is 6.20. The zero-order chi connectivity index (χ0) is 20.4. The van der Waals surface area contributed by atoms with Crippen LogP contribution in [0.5, 0.6) is 0 Å². The Balaban J connectivity index is 1.45. The number of rotatable bonds is 7. The maximum absolute atomic E-state index is 11.8. The summed E-state index contributed by atoms with van der Waals surface area (Å²) in [5.74, 6) is 0.474. The molecule has 0 aliphatic rings. The second-order valence-electron chi connectivity index (χ2n) is 7.07. The minimum atomic E-state index is -0.896. The lowest BCUT2D eigenvalue weighted by Crippen LogP contribution is -2.37. The third-order valence-electron chi connectivity index (χ3n) is 5.04. The van der Waals surface area contributed by atoms with Crippen molar-refractivity contribution in [3.05, 3.63) is 82.7 Å². The smallest absolute Gasteiger partial charge is 0.321 e. The van der Waals surface area contributed by atoms with E-state index in [-0.39, 0.29) is 0 Å². The Morgan fingerprint density at radius 2 is 2.03 bits per heavy atom. The molecule has 2 aromatic carbocycles. The maximum atomic E-state index is 11.8. The van der Waals surface area contributed by atoms with Crippen LogP contribution in [-0.4, -0.2) is 22.1 Å². The third-order valence-corrected chi connectivity index (χ3v) is 5.44. The van der Waals surface area contributed by atoms with Crippen molar-refractivity contribution in [3.63, 3.8) is 0 Å². The van der Waals surface area contributed by atoms with Crippen molar-refractivity contribution in [1.29, 1.82) is 0 Å². The van der Waals surface area contributed by atoms with Crippen LogP contribution in [-0.2, 0) is 17.8 Å². The molecule has 5 nitrogen and oxygen atoms in total. The second-order valence-corrected chi connectivity index (χ2v) is 7.47. The van der Waals surface area contributed by atoms with Crippen molar-refractivity contribution >= 4 is 28.5 Å². The van der Waals surface area contributed by atoms with Gasteiger partial charge in [0.1, 0.15) is 17.6 Å². The Morgan fingerprint density at radius 1 is 1.21 bits per heavy atom. The number of carboxylic acids is 1. The molecule has 3 N–H and O–H groups in total. The normalized spacial score (nSPS) is 12.3. The molecule has 6 heteroatoms. The van der Waals surface area contributed by atoms with E-state index in [2.05, 4.69) is 10.3 Å². The molecule has 0 saturated carbocycles. The van der Waals surface area contributed by atoms with E-state index in [4.69, 9.17) is 16.0 Å². The van der Waals surface area contributed by atoms with Gasteiger partial charge in [-0.15, -0.1) is 0 Å². The molecule has 148 valence electrons. The fourth-order valence-electron chi connectivity index (χ4n) is 3.37. The van der Waals surface area contributed by atoms with E-state index >= 15 is 0 Å². The molecule has 1 atom stereocenters. The summed E-state index contributed by atoms with van der Waals surface area (Å²) < 4.78 is 5.88. The van der Waals surface area contributed by atoms with Gasteiger partial charge >= 0.3 is 5.97 Å². The zero-order valence-electron chi connectivity index (χ0n) is 15.9. The van der Waals surface area contributed by atoms with E-state index in [1.165, 1.54) is 0 Å². The van der Waals surface area contributed by atoms with Gasteiger partial charge in [-0.2, -0.15) is 0 Å². The van der Waals surface area contributed by atoms with Gasteiger partial charge in [0.25, 0.3) is 0 Å². The summed E-state index contributed by atoms with van der Waals surface area (Å²) in [6.45, 7) is 2.27. The highest BCUT2D eigenvalue weighted by Gasteiger charge is 2.20. The molecular formula is C23H21ClN2O3. The number of H-pyrrole nitrogens is 1. The average molecular weight is 409 g/mol. The summed E-state index contributed by atoms with van der Waals surface area (Å²) in [6.07, 6.45) is 2.24. The highest BCUT2D eigenvalue weighted by Crippen LogP contribution is 2.27. The van der Waals surface area contributed by atoms with Gasteiger partial charge in [-0.1, -0.05) is 41.9 Å². The monoisotopic (exact) mass is 408 g/mol. The van der Waals surface area contributed by atoms with Crippen LogP contribution in [0.15, 0.2) is 65.2 Å². The number of aromatic amines is 1. The summed E-state index contributed by atoms with van der Waals surface area (Å²) in [6, 6.07) is 16.6. The number of carboxylic acid groups (broad SMARTS) is 1. The highest BCUT2D eigenvalue weighted by atomic mass is 35.5. The summed E-state index contributed by atoms with van der Waals surface area (Å²) in [5.41, 5.74) is 3.86. The third kappa shape index (κ3) is 4.21. The molecule has 0 saturated heterocycles. The molecule has 29 heavy (non-hydrogen) atoms. The number of aromatic nitrogens is 1. The number of aliphatic carboxylic acids is 1. The fourth-order valence-corrected chi connectivity index (χ4v) is 3.55. The summed E-state index contributed by atoms with van der Waals surface area (Å²) in [7, 11) is 0. The molecule has 0 radical (unpaired) electrons. The minimum Gasteiger partial charge on any atom is -0.480 e. The number of para-hydroxylation sites is 1. The Kier molecular flexibility index (Phi) is 5.43. The van der Waals surface area contributed by atoms with E-state index < -0.39 is 12.0 Å². The Morgan fingerprint density at radius 3 is 2.83 bits per heavy atom. The predicted molar refractivity (Wildman–Crippen MR) is 114 cm³/mol. The van der Waals surface area contributed by atoms with E-state index in [0.29, 0.717) is 29.5 Å². The largest absolute Gasteiger partial charge is 0.480 e. The predicted octanol–water partition coefficient (Wildman–Crippen LogP) is 5.18. The van der Waals surface area contributed by atoms with Crippen molar-refractivity contribution in [2.45, 2.75) is 25.9 Å². The van der Waals surface area contributed by atoms with E-state index in [1.54, 1.807) is 0 Å². The molecule has 0 aliphatic carbocycles. The number of hydrogen-bond acceptors (Lipinski definition) is 3. The number of halogens is 1. The van der Waals surface area contributed by atoms with Crippen LogP contribution >= 0.6 is 11.6 Å². The topological polar surface area (TPSA) is 78.3 Å². The summed E-state index contributed by atoms with van der Waals surface area (Å²) in [5, 5.41) is 14.5. The van der Waals surface area contributed by atoms with E-state index in [1.807, 2.05) is 67.7 Å². The first-order chi connectivity index (χ1) is 14.0. The molecule has 0 bridgehead atoms. The molecular weight excluding hydrogens is 388 g/mol. The number of aryl methyl sites for hydroxylation is 1. The number of benzene rings is 2. The molecule has 0 unspecified atom stereocenters. The minimum absolute atomic E-state index is 0.318. The first kappa shape index (κ1) is 19.3. The molecule has 4 rings (SSSR count). The van der Waals surface area contributed by atoms with Gasteiger partial charge < -0.3 is 14.5 Å². The quantitative estimate of drug-likeness (QED) is 0.394. The molecule has 2 heterocycles. The van der Waals surface area contributed by atoms with Crippen molar-refractivity contribution in [3.8, 4) is 11.3 Å². The van der Waals surface area contributed by atoms with Crippen LogP contribution in [0.3, 0.4) is 0 Å². The van der Waals surface area contributed by atoms with Gasteiger partial charge in [0.05, 0.1) is 6.54 Å². The zero-order valence-corrected chi connectivity index (χ0v) is 16.7. The van der Waals surface area contributed by atoms with Gasteiger partial charge in [0, 0.05) is 34.1 Å². The molecule has 0 spiro atoms.